The van der Waals surface area contributed by atoms with Crippen molar-refractivity contribution in [2.75, 3.05) is 37.6 Å². The van der Waals surface area contributed by atoms with E-state index in [1.54, 1.807) is 18.3 Å². The summed E-state index contributed by atoms with van der Waals surface area (Å²) in [7, 11) is 0. The maximum absolute atomic E-state index is 13.4. The van der Waals surface area contributed by atoms with Crippen molar-refractivity contribution < 1.29 is 18.3 Å². The first-order valence-electron chi connectivity index (χ1n) is 11.4. The molecular formula is C24H24F2N6O2. The molecule has 1 aromatic carbocycles. The number of hydrogen-bond donors (Lipinski definition) is 1. The van der Waals surface area contributed by atoms with Crippen LogP contribution in [0.15, 0.2) is 49.1 Å². The molecule has 10 heteroatoms. The van der Waals surface area contributed by atoms with Gasteiger partial charge >= 0.3 is 6.29 Å². The van der Waals surface area contributed by atoms with Crippen molar-refractivity contribution in [3.8, 4) is 28.3 Å². The summed E-state index contributed by atoms with van der Waals surface area (Å²) in [5, 5.41) is 5.43. The first-order chi connectivity index (χ1) is 16.5. The van der Waals surface area contributed by atoms with E-state index in [-0.39, 0.29) is 11.5 Å². The number of benzene rings is 1. The van der Waals surface area contributed by atoms with Gasteiger partial charge in [0, 0.05) is 36.8 Å². The number of halogens is 2. The zero-order chi connectivity index (χ0) is 23.3. The molecular weight excluding hydrogens is 442 g/mol. The molecule has 1 N–H and O–H groups in total. The number of H-pyrrole nitrogens is 1. The molecule has 5 heterocycles. The van der Waals surface area contributed by atoms with E-state index in [9.17, 15) is 8.78 Å². The van der Waals surface area contributed by atoms with E-state index in [2.05, 4.69) is 41.3 Å². The van der Waals surface area contributed by atoms with Gasteiger partial charge in [0.1, 0.15) is 5.65 Å². The number of aromatic amines is 1. The fourth-order valence-corrected chi connectivity index (χ4v) is 4.64. The van der Waals surface area contributed by atoms with Crippen molar-refractivity contribution in [1.82, 2.24) is 24.6 Å². The van der Waals surface area contributed by atoms with Crippen LogP contribution < -0.4 is 14.4 Å². The number of ether oxygens (including phenoxy) is 2. The van der Waals surface area contributed by atoms with Crippen LogP contribution in [0.4, 0.5) is 14.5 Å². The number of alkyl halides is 2. The summed E-state index contributed by atoms with van der Waals surface area (Å²) in [6.45, 7) is 7.42. The highest BCUT2D eigenvalue weighted by Crippen LogP contribution is 2.43. The Morgan fingerprint density at radius 1 is 1.03 bits per heavy atom. The van der Waals surface area contributed by atoms with Gasteiger partial charge in [0.2, 0.25) is 0 Å². The number of fused-ring (bicyclic) bond motifs is 2. The third-order valence-corrected chi connectivity index (χ3v) is 6.46. The van der Waals surface area contributed by atoms with Gasteiger partial charge in [-0.1, -0.05) is 13.0 Å². The Morgan fingerprint density at radius 2 is 1.91 bits per heavy atom. The number of pyridine rings is 1. The fourth-order valence-electron chi connectivity index (χ4n) is 4.64. The van der Waals surface area contributed by atoms with Crippen LogP contribution in [0.1, 0.15) is 13.3 Å². The van der Waals surface area contributed by atoms with Crippen molar-refractivity contribution in [2.24, 2.45) is 0 Å². The highest BCUT2D eigenvalue weighted by Gasteiger charge is 2.43. The minimum absolute atomic E-state index is 0.0109. The lowest BCUT2D eigenvalue weighted by Crippen LogP contribution is -2.30. The van der Waals surface area contributed by atoms with Crippen LogP contribution in [-0.2, 0) is 0 Å². The molecule has 3 aromatic heterocycles. The summed E-state index contributed by atoms with van der Waals surface area (Å²) in [6.07, 6.45) is 4.97. The molecule has 176 valence electrons. The van der Waals surface area contributed by atoms with E-state index in [1.807, 2.05) is 29.3 Å². The van der Waals surface area contributed by atoms with Crippen LogP contribution in [0.3, 0.4) is 0 Å². The third kappa shape index (κ3) is 3.73. The molecule has 8 nitrogen and oxygen atoms in total. The van der Waals surface area contributed by atoms with E-state index >= 15 is 0 Å². The molecule has 0 amide bonds. The monoisotopic (exact) mass is 466 g/mol. The average Bonchev–Trinajstić information content (AvgIpc) is 3.50. The second-order valence-corrected chi connectivity index (χ2v) is 8.54. The van der Waals surface area contributed by atoms with Gasteiger partial charge in [0.15, 0.2) is 11.5 Å². The Kier molecular flexibility index (Phi) is 4.91. The molecule has 0 atom stereocenters. The van der Waals surface area contributed by atoms with E-state index in [0.717, 1.165) is 67.0 Å². The topological polar surface area (TPSA) is 71.4 Å². The number of rotatable bonds is 4. The normalized spacial score (nSPS) is 17.9. The van der Waals surface area contributed by atoms with Crippen molar-refractivity contribution in [1.29, 1.82) is 0 Å². The predicted molar refractivity (Wildman–Crippen MR) is 124 cm³/mol. The van der Waals surface area contributed by atoms with E-state index < -0.39 is 6.29 Å². The molecule has 1 saturated heterocycles. The van der Waals surface area contributed by atoms with E-state index in [4.69, 9.17) is 0 Å². The minimum atomic E-state index is -3.64. The molecule has 34 heavy (non-hydrogen) atoms. The maximum atomic E-state index is 13.4. The van der Waals surface area contributed by atoms with Crippen molar-refractivity contribution in [3.05, 3.63) is 49.1 Å². The summed E-state index contributed by atoms with van der Waals surface area (Å²) in [5.41, 5.74) is 4.14. The molecule has 1 fully saturated rings. The van der Waals surface area contributed by atoms with E-state index in [1.165, 1.54) is 6.07 Å². The molecule has 0 aliphatic carbocycles. The van der Waals surface area contributed by atoms with Crippen molar-refractivity contribution in [3.63, 3.8) is 0 Å². The molecule has 0 radical (unpaired) electrons. The van der Waals surface area contributed by atoms with Crippen molar-refractivity contribution in [2.45, 2.75) is 19.6 Å². The minimum Gasteiger partial charge on any atom is -0.395 e. The average molecular weight is 466 g/mol. The highest BCUT2D eigenvalue weighted by atomic mass is 19.3. The van der Waals surface area contributed by atoms with Gasteiger partial charge in [-0.15, -0.1) is 8.78 Å². The van der Waals surface area contributed by atoms with Gasteiger partial charge in [-0.3, -0.25) is 0 Å². The first kappa shape index (κ1) is 20.9. The molecule has 2 aliphatic rings. The summed E-state index contributed by atoms with van der Waals surface area (Å²) in [4.78, 5) is 12.5. The van der Waals surface area contributed by atoms with Crippen LogP contribution in [0, 0.1) is 0 Å². The molecule has 0 spiro atoms. The van der Waals surface area contributed by atoms with Crippen LogP contribution >= 0.6 is 0 Å². The number of aromatic nitrogens is 4. The molecule has 4 aromatic rings. The van der Waals surface area contributed by atoms with Gasteiger partial charge in [0.25, 0.3) is 0 Å². The second-order valence-electron chi connectivity index (χ2n) is 8.54. The number of nitrogens with one attached hydrogen (secondary N) is 1. The van der Waals surface area contributed by atoms with Crippen LogP contribution in [-0.4, -0.2) is 63.7 Å². The predicted octanol–water partition coefficient (Wildman–Crippen LogP) is 4.27. The summed E-state index contributed by atoms with van der Waals surface area (Å²) in [5.74, 6) is 0.0313. The summed E-state index contributed by atoms with van der Waals surface area (Å²) < 4.78 is 37.8. The molecule has 2 aliphatic heterocycles. The highest BCUT2D eigenvalue weighted by molar-refractivity contribution is 5.95. The SMILES string of the molecule is CCN1CCCN(c2cnn(-c3cnc4[nH]cc(-c5ccc6c(c5)OC(F)(F)O6)c4c3)c2)CC1. The smallest absolute Gasteiger partial charge is 0.395 e. The molecule has 0 unspecified atom stereocenters. The number of anilines is 1. The standard InChI is InChI=1S/C24H24F2N6O2/c1-2-30-6-3-7-31(9-8-30)18-13-29-32(15-18)17-11-19-20(14-28-23(19)27-12-17)16-4-5-21-22(10-16)34-24(25,26)33-21/h4-5,10-15H,2-3,6-9H2,1H3,(H,27,28). The van der Waals surface area contributed by atoms with Gasteiger partial charge in [-0.25, -0.2) is 9.67 Å². The number of hydrogen-bond acceptors (Lipinski definition) is 6. The number of likely N-dealkylation sites (N-methyl/N-ethyl adjacent to an activating group) is 1. The lowest BCUT2D eigenvalue weighted by molar-refractivity contribution is -0.286. The molecule has 6 rings (SSSR count). The Hall–Kier alpha value is -3.66. The lowest BCUT2D eigenvalue weighted by Gasteiger charge is -2.21. The summed E-state index contributed by atoms with van der Waals surface area (Å²) in [6, 6.07) is 6.76. The van der Waals surface area contributed by atoms with E-state index in [0.29, 0.717) is 5.65 Å². The van der Waals surface area contributed by atoms with Gasteiger partial charge in [-0.2, -0.15) is 5.10 Å². The quantitative estimate of drug-likeness (QED) is 0.485. The number of nitrogens with zero attached hydrogens (tertiary/aromatic N) is 5. The Morgan fingerprint density at radius 3 is 2.79 bits per heavy atom. The summed E-state index contributed by atoms with van der Waals surface area (Å²) >= 11 is 0. The van der Waals surface area contributed by atoms with Gasteiger partial charge < -0.3 is 24.3 Å². The zero-order valence-corrected chi connectivity index (χ0v) is 18.7. The molecule has 0 saturated carbocycles. The lowest BCUT2D eigenvalue weighted by atomic mass is 10.1. The second kappa shape index (κ2) is 7.98. The largest absolute Gasteiger partial charge is 0.586 e. The van der Waals surface area contributed by atoms with Crippen LogP contribution in [0.2, 0.25) is 0 Å². The Labute approximate surface area is 194 Å². The van der Waals surface area contributed by atoms with Crippen LogP contribution in [0.5, 0.6) is 11.5 Å². The van der Waals surface area contributed by atoms with Gasteiger partial charge in [-0.05, 0) is 43.3 Å². The Bertz CT molecular complexity index is 1350. The van der Waals surface area contributed by atoms with Crippen molar-refractivity contribution >= 4 is 16.7 Å². The maximum Gasteiger partial charge on any atom is 0.586 e. The van der Waals surface area contributed by atoms with Crippen LogP contribution in [0.25, 0.3) is 27.8 Å². The first-order valence-corrected chi connectivity index (χ1v) is 11.4. The fraction of sp³-hybridized carbons (Fsp3) is 0.333. The molecule has 0 bridgehead atoms. The Balaban J connectivity index is 1.30. The third-order valence-electron chi connectivity index (χ3n) is 6.46. The zero-order valence-electron chi connectivity index (χ0n) is 18.7. The van der Waals surface area contributed by atoms with Gasteiger partial charge in [0.05, 0.1) is 30.0 Å².